The van der Waals surface area contributed by atoms with Crippen LogP contribution >= 0.6 is 11.8 Å². The molecule has 0 fully saturated rings. The van der Waals surface area contributed by atoms with E-state index < -0.39 is 5.60 Å². The van der Waals surface area contributed by atoms with Gasteiger partial charge in [-0.1, -0.05) is 36.4 Å². The number of benzene rings is 1. The average molecular weight is 316 g/mol. The molecule has 0 bridgehead atoms. The molecule has 0 aliphatic carbocycles. The molecular weight excluding hydrogens is 296 g/mol. The molecule has 1 aromatic heterocycles. The first kappa shape index (κ1) is 16.5. The maximum absolute atomic E-state index is 11.8. The highest BCUT2D eigenvalue weighted by atomic mass is 32.2. The lowest BCUT2D eigenvalue weighted by Gasteiger charge is -2.24. The summed E-state index contributed by atoms with van der Waals surface area (Å²) < 4.78 is 0. The number of thioether (sulfide) groups is 1. The first-order valence-corrected chi connectivity index (χ1v) is 8.26. The monoisotopic (exact) mass is 316 g/mol. The largest absolute Gasteiger partial charge is 0.384 e. The fourth-order valence-corrected chi connectivity index (χ4v) is 2.72. The van der Waals surface area contributed by atoms with E-state index in [0.29, 0.717) is 11.5 Å². The van der Waals surface area contributed by atoms with Crippen molar-refractivity contribution in [2.24, 2.45) is 0 Å². The molecule has 1 heterocycles. The standard InChI is InChI=1S/C17H20N2O2S/c1-17(21,14-7-3-2-4-8-14)13-19-16(20)12-22-11-15-9-5-6-10-18-15/h2-10,21H,11-13H2,1H3,(H,19,20). The van der Waals surface area contributed by atoms with E-state index in [0.717, 1.165) is 11.3 Å². The van der Waals surface area contributed by atoms with Gasteiger partial charge in [-0.15, -0.1) is 11.8 Å². The number of rotatable bonds is 7. The smallest absolute Gasteiger partial charge is 0.230 e. The van der Waals surface area contributed by atoms with Gasteiger partial charge < -0.3 is 10.4 Å². The summed E-state index contributed by atoms with van der Waals surface area (Å²) in [4.78, 5) is 16.1. The first-order chi connectivity index (χ1) is 10.6. The number of nitrogens with one attached hydrogen (secondary N) is 1. The van der Waals surface area contributed by atoms with Crippen LogP contribution in [0.1, 0.15) is 18.2 Å². The second-order valence-electron chi connectivity index (χ2n) is 5.23. The molecule has 0 saturated carbocycles. The Morgan fingerprint density at radius 3 is 2.64 bits per heavy atom. The zero-order valence-electron chi connectivity index (χ0n) is 12.5. The van der Waals surface area contributed by atoms with Gasteiger partial charge in [-0.2, -0.15) is 0 Å². The van der Waals surface area contributed by atoms with Crippen LogP contribution in [0, 0.1) is 0 Å². The quantitative estimate of drug-likeness (QED) is 0.823. The van der Waals surface area contributed by atoms with E-state index in [4.69, 9.17) is 0 Å². The number of pyridine rings is 1. The Bertz CT molecular complexity index is 588. The summed E-state index contributed by atoms with van der Waals surface area (Å²) in [5, 5.41) is 13.2. The molecule has 2 rings (SSSR count). The number of nitrogens with zero attached hydrogens (tertiary/aromatic N) is 1. The van der Waals surface area contributed by atoms with Crippen molar-refractivity contribution in [1.29, 1.82) is 0 Å². The third-order valence-corrected chi connectivity index (χ3v) is 4.20. The first-order valence-electron chi connectivity index (χ1n) is 7.10. The Morgan fingerprint density at radius 2 is 1.95 bits per heavy atom. The number of carbonyl (C=O) groups excluding carboxylic acids is 1. The summed E-state index contributed by atoms with van der Waals surface area (Å²) in [7, 11) is 0. The Kier molecular flexibility index (Phi) is 5.98. The van der Waals surface area contributed by atoms with E-state index in [1.807, 2.05) is 48.5 Å². The minimum Gasteiger partial charge on any atom is -0.384 e. The topological polar surface area (TPSA) is 62.2 Å². The van der Waals surface area contributed by atoms with E-state index in [1.165, 1.54) is 11.8 Å². The summed E-state index contributed by atoms with van der Waals surface area (Å²) in [5.74, 6) is 0.960. The van der Waals surface area contributed by atoms with Gasteiger partial charge in [0.25, 0.3) is 0 Å². The SMILES string of the molecule is CC(O)(CNC(=O)CSCc1ccccn1)c1ccccc1. The molecule has 2 N–H and O–H groups in total. The summed E-state index contributed by atoms with van der Waals surface area (Å²) in [6.45, 7) is 1.89. The van der Waals surface area contributed by atoms with Crippen LogP contribution in [0.4, 0.5) is 0 Å². The van der Waals surface area contributed by atoms with Crippen molar-refractivity contribution in [2.45, 2.75) is 18.3 Å². The Labute approximate surface area is 135 Å². The lowest BCUT2D eigenvalue weighted by Crippen LogP contribution is -2.39. The zero-order chi connectivity index (χ0) is 15.8. The van der Waals surface area contributed by atoms with Gasteiger partial charge in [-0.3, -0.25) is 9.78 Å². The van der Waals surface area contributed by atoms with Gasteiger partial charge in [-0.05, 0) is 24.6 Å². The normalized spacial score (nSPS) is 13.4. The fraction of sp³-hybridized carbons (Fsp3) is 0.294. The summed E-state index contributed by atoms with van der Waals surface area (Å²) >= 11 is 1.50. The molecule has 0 aliphatic rings. The lowest BCUT2D eigenvalue weighted by molar-refractivity contribution is -0.119. The number of aromatic nitrogens is 1. The van der Waals surface area contributed by atoms with Crippen molar-refractivity contribution < 1.29 is 9.90 Å². The third-order valence-electron chi connectivity index (χ3n) is 3.23. The van der Waals surface area contributed by atoms with Gasteiger partial charge >= 0.3 is 0 Å². The highest BCUT2D eigenvalue weighted by Crippen LogP contribution is 2.19. The van der Waals surface area contributed by atoms with Crippen LogP contribution in [0.2, 0.25) is 0 Å². The molecule has 1 amide bonds. The Morgan fingerprint density at radius 1 is 1.23 bits per heavy atom. The zero-order valence-corrected chi connectivity index (χ0v) is 13.3. The second-order valence-corrected chi connectivity index (χ2v) is 6.22. The van der Waals surface area contributed by atoms with E-state index in [1.54, 1.807) is 13.1 Å². The van der Waals surface area contributed by atoms with Crippen molar-refractivity contribution in [2.75, 3.05) is 12.3 Å². The van der Waals surface area contributed by atoms with Crippen LogP contribution in [-0.4, -0.2) is 28.3 Å². The molecule has 22 heavy (non-hydrogen) atoms. The van der Waals surface area contributed by atoms with Gasteiger partial charge in [0, 0.05) is 11.9 Å². The molecule has 1 aromatic carbocycles. The van der Waals surface area contributed by atoms with Crippen molar-refractivity contribution >= 4 is 17.7 Å². The van der Waals surface area contributed by atoms with E-state index in [2.05, 4.69) is 10.3 Å². The van der Waals surface area contributed by atoms with Crippen molar-refractivity contribution in [1.82, 2.24) is 10.3 Å². The van der Waals surface area contributed by atoms with Gasteiger partial charge in [0.2, 0.25) is 5.91 Å². The molecule has 5 heteroatoms. The maximum atomic E-state index is 11.8. The fourth-order valence-electron chi connectivity index (χ4n) is 1.95. The van der Waals surface area contributed by atoms with Crippen LogP contribution in [0.25, 0.3) is 0 Å². The van der Waals surface area contributed by atoms with Gasteiger partial charge in [0.1, 0.15) is 5.60 Å². The molecule has 2 aromatic rings. The van der Waals surface area contributed by atoms with Crippen molar-refractivity contribution in [3.05, 3.63) is 66.0 Å². The van der Waals surface area contributed by atoms with Crippen LogP contribution in [-0.2, 0) is 16.1 Å². The number of carbonyl (C=O) groups is 1. The molecule has 1 unspecified atom stereocenters. The second kappa shape index (κ2) is 7.96. The summed E-state index contributed by atoms with van der Waals surface area (Å²) in [6, 6.07) is 15.1. The van der Waals surface area contributed by atoms with E-state index >= 15 is 0 Å². The summed E-state index contributed by atoms with van der Waals surface area (Å²) in [5.41, 5.74) is 0.677. The van der Waals surface area contributed by atoms with Gasteiger partial charge in [-0.25, -0.2) is 0 Å². The predicted octanol–water partition coefficient (Wildman–Crippen LogP) is 2.34. The minimum absolute atomic E-state index is 0.0860. The number of aliphatic hydroxyl groups is 1. The Balaban J connectivity index is 1.73. The molecular formula is C17H20N2O2S. The molecule has 0 radical (unpaired) electrons. The maximum Gasteiger partial charge on any atom is 0.230 e. The third kappa shape index (κ3) is 5.16. The molecule has 1 atom stereocenters. The molecule has 116 valence electrons. The molecule has 0 saturated heterocycles. The lowest BCUT2D eigenvalue weighted by atomic mass is 9.96. The molecule has 0 spiro atoms. The predicted molar refractivity (Wildman–Crippen MR) is 89.4 cm³/mol. The minimum atomic E-state index is -1.07. The number of hydrogen-bond acceptors (Lipinski definition) is 4. The van der Waals surface area contributed by atoms with Crippen LogP contribution < -0.4 is 5.32 Å². The molecule has 0 aliphatic heterocycles. The van der Waals surface area contributed by atoms with Crippen LogP contribution in [0.5, 0.6) is 0 Å². The van der Waals surface area contributed by atoms with Gasteiger partial charge in [0.05, 0.1) is 18.0 Å². The number of hydrogen-bond donors (Lipinski definition) is 2. The van der Waals surface area contributed by atoms with Crippen LogP contribution in [0.15, 0.2) is 54.7 Å². The van der Waals surface area contributed by atoms with Crippen molar-refractivity contribution in [3.8, 4) is 0 Å². The highest BCUT2D eigenvalue weighted by molar-refractivity contribution is 7.99. The van der Waals surface area contributed by atoms with E-state index in [9.17, 15) is 9.90 Å². The van der Waals surface area contributed by atoms with Crippen molar-refractivity contribution in [3.63, 3.8) is 0 Å². The molecule has 4 nitrogen and oxygen atoms in total. The highest BCUT2D eigenvalue weighted by Gasteiger charge is 2.23. The number of amides is 1. The average Bonchev–Trinajstić information content (AvgIpc) is 2.55. The Hall–Kier alpha value is -1.85. The van der Waals surface area contributed by atoms with Crippen LogP contribution in [0.3, 0.4) is 0 Å². The van der Waals surface area contributed by atoms with E-state index in [-0.39, 0.29) is 12.5 Å². The summed E-state index contributed by atoms with van der Waals surface area (Å²) in [6.07, 6.45) is 1.74. The van der Waals surface area contributed by atoms with Gasteiger partial charge in [0.15, 0.2) is 0 Å².